The molecule has 0 saturated heterocycles. The number of rotatable bonds is 7. The van der Waals surface area contributed by atoms with Crippen LogP contribution in [0.2, 0.25) is 0 Å². The summed E-state index contributed by atoms with van der Waals surface area (Å²) < 4.78 is 5.41. The monoisotopic (exact) mass is 282 g/mol. The highest BCUT2D eigenvalue weighted by atomic mass is 16.6. The molecule has 7 nitrogen and oxygen atoms in total. The maximum atomic E-state index is 11.1. The number of benzene rings is 1. The molecule has 110 valence electrons. The Labute approximate surface area is 116 Å². The van der Waals surface area contributed by atoms with Crippen LogP contribution in [0.25, 0.3) is 0 Å². The van der Waals surface area contributed by atoms with Gasteiger partial charge in [-0.15, -0.1) is 0 Å². The number of carboxylic acid groups (broad SMARTS) is 1. The average molecular weight is 282 g/mol. The van der Waals surface area contributed by atoms with Crippen LogP contribution in [-0.4, -0.2) is 42.3 Å². The van der Waals surface area contributed by atoms with Crippen molar-refractivity contribution in [1.29, 1.82) is 0 Å². The number of anilines is 1. The van der Waals surface area contributed by atoms with Gasteiger partial charge in [0, 0.05) is 25.3 Å². The van der Waals surface area contributed by atoms with Crippen LogP contribution in [0.5, 0.6) is 0 Å². The highest BCUT2D eigenvalue weighted by molar-refractivity contribution is 5.93. The summed E-state index contributed by atoms with van der Waals surface area (Å²) in [6.07, 6.45) is 0.120. The van der Waals surface area contributed by atoms with Crippen LogP contribution in [0.15, 0.2) is 18.2 Å². The summed E-state index contributed by atoms with van der Waals surface area (Å²) in [4.78, 5) is 22.9. The van der Waals surface area contributed by atoms with Crippen molar-refractivity contribution in [3.05, 3.63) is 33.9 Å². The van der Waals surface area contributed by atoms with E-state index in [0.29, 0.717) is 18.8 Å². The third kappa shape index (κ3) is 4.20. The molecule has 0 unspecified atom stereocenters. The molecule has 0 aliphatic rings. The third-order valence-corrected chi connectivity index (χ3v) is 2.73. The molecule has 0 aliphatic carbocycles. The molecule has 0 bridgehead atoms. The van der Waals surface area contributed by atoms with Crippen LogP contribution in [0.4, 0.5) is 11.4 Å². The van der Waals surface area contributed by atoms with E-state index in [1.54, 1.807) is 11.9 Å². The molecule has 1 N–H and O–H groups in total. The predicted octanol–water partition coefficient (Wildman–Crippen LogP) is 2.15. The Bertz CT molecular complexity index is 502. The maximum Gasteiger partial charge on any atom is 0.342 e. The minimum atomic E-state index is -1.31. The number of ether oxygens (including phenoxy) is 1. The molecule has 0 spiro atoms. The zero-order valence-electron chi connectivity index (χ0n) is 11.7. The lowest BCUT2D eigenvalue weighted by molar-refractivity contribution is -0.385. The molecule has 1 rings (SSSR count). The molecule has 20 heavy (non-hydrogen) atoms. The lowest BCUT2D eigenvalue weighted by Gasteiger charge is -2.20. The molecule has 0 aliphatic heterocycles. The van der Waals surface area contributed by atoms with E-state index in [2.05, 4.69) is 0 Å². The van der Waals surface area contributed by atoms with Crippen molar-refractivity contribution in [3.63, 3.8) is 0 Å². The number of hydrogen-bond donors (Lipinski definition) is 1. The van der Waals surface area contributed by atoms with E-state index < -0.39 is 16.6 Å². The molecule has 1 aromatic carbocycles. The molecular weight excluding hydrogens is 264 g/mol. The van der Waals surface area contributed by atoms with E-state index in [0.717, 1.165) is 0 Å². The van der Waals surface area contributed by atoms with E-state index in [1.807, 2.05) is 13.8 Å². The Hall–Kier alpha value is -2.15. The van der Waals surface area contributed by atoms with Crippen molar-refractivity contribution < 1.29 is 19.6 Å². The highest BCUT2D eigenvalue weighted by Gasteiger charge is 2.20. The van der Waals surface area contributed by atoms with Crippen molar-refractivity contribution in [2.24, 2.45) is 0 Å². The van der Waals surface area contributed by atoms with Crippen LogP contribution < -0.4 is 4.90 Å². The number of hydrogen-bond acceptors (Lipinski definition) is 5. The largest absolute Gasteiger partial charge is 0.477 e. The molecular formula is C13H18N2O5. The van der Waals surface area contributed by atoms with E-state index in [-0.39, 0.29) is 11.7 Å². The summed E-state index contributed by atoms with van der Waals surface area (Å²) in [7, 11) is 1.77. The van der Waals surface area contributed by atoms with E-state index >= 15 is 0 Å². The van der Waals surface area contributed by atoms with E-state index in [9.17, 15) is 14.9 Å². The van der Waals surface area contributed by atoms with Gasteiger partial charge in [-0.2, -0.15) is 0 Å². The predicted molar refractivity (Wildman–Crippen MR) is 74.4 cm³/mol. The fraction of sp³-hybridized carbons (Fsp3) is 0.462. The summed E-state index contributed by atoms with van der Waals surface area (Å²) in [6.45, 7) is 4.91. The minimum absolute atomic E-state index is 0.120. The van der Waals surface area contributed by atoms with Crippen LogP contribution in [0.3, 0.4) is 0 Å². The second kappa shape index (κ2) is 6.85. The summed E-state index contributed by atoms with van der Waals surface area (Å²) in [5.41, 5.74) is -0.127. The Kier molecular flexibility index (Phi) is 5.45. The Morgan fingerprint density at radius 3 is 2.65 bits per heavy atom. The normalized spacial score (nSPS) is 10.6. The molecule has 1 aromatic rings. The summed E-state index contributed by atoms with van der Waals surface area (Å²) in [5, 5.41) is 19.8. The molecule has 0 saturated carbocycles. The van der Waals surface area contributed by atoms with Gasteiger partial charge in [0.05, 0.1) is 17.6 Å². The van der Waals surface area contributed by atoms with Crippen LogP contribution >= 0.6 is 0 Å². The van der Waals surface area contributed by atoms with Crippen molar-refractivity contribution in [2.75, 3.05) is 25.1 Å². The zero-order chi connectivity index (χ0) is 15.3. The second-order valence-corrected chi connectivity index (χ2v) is 4.60. The van der Waals surface area contributed by atoms with Gasteiger partial charge in [0.1, 0.15) is 5.56 Å². The topological polar surface area (TPSA) is 92.9 Å². The van der Waals surface area contributed by atoms with Crippen molar-refractivity contribution in [1.82, 2.24) is 0 Å². The quantitative estimate of drug-likeness (QED) is 0.608. The maximum absolute atomic E-state index is 11.1. The zero-order valence-corrected chi connectivity index (χ0v) is 11.7. The molecule has 7 heteroatoms. The summed E-state index contributed by atoms with van der Waals surface area (Å²) in [5.74, 6) is -1.31. The first-order valence-electron chi connectivity index (χ1n) is 6.17. The van der Waals surface area contributed by atoms with Gasteiger partial charge in [0.25, 0.3) is 5.69 Å². The Balaban J connectivity index is 2.88. The van der Waals surface area contributed by atoms with E-state index in [1.165, 1.54) is 18.2 Å². The van der Waals surface area contributed by atoms with Crippen molar-refractivity contribution >= 4 is 17.3 Å². The smallest absolute Gasteiger partial charge is 0.342 e. The molecule has 0 atom stereocenters. The van der Waals surface area contributed by atoms with Gasteiger partial charge in [-0.25, -0.2) is 4.79 Å². The standard InChI is InChI=1S/C13H18N2O5/c1-9(2)20-7-6-14(3)10-4-5-12(15(18)19)11(8-10)13(16)17/h4-5,8-9H,6-7H2,1-3H3,(H,16,17). The van der Waals surface area contributed by atoms with Crippen molar-refractivity contribution in [2.45, 2.75) is 20.0 Å². The van der Waals surface area contributed by atoms with Crippen LogP contribution in [0.1, 0.15) is 24.2 Å². The fourth-order valence-corrected chi connectivity index (χ4v) is 1.65. The first-order chi connectivity index (χ1) is 9.32. The van der Waals surface area contributed by atoms with Crippen LogP contribution in [-0.2, 0) is 4.74 Å². The number of nitro groups is 1. The van der Waals surface area contributed by atoms with Gasteiger partial charge in [-0.05, 0) is 26.0 Å². The van der Waals surface area contributed by atoms with Crippen LogP contribution in [0, 0.1) is 10.1 Å². The van der Waals surface area contributed by atoms with Gasteiger partial charge < -0.3 is 14.7 Å². The fourth-order valence-electron chi connectivity index (χ4n) is 1.65. The van der Waals surface area contributed by atoms with Crippen molar-refractivity contribution in [3.8, 4) is 0 Å². The average Bonchev–Trinajstić information content (AvgIpc) is 2.37. The van der Waals surface area contributed by atoms with E-state index in [4.69, 9.17) is 9.84 Å². The number of carboxylic acids is 1. The molecule has 0 aromatic heterocycles. The first kappa shape index (κ1) is 15.9. The number of nitrogens with zero attached hydrogens (tertiary/aromatic N) is 2. The number of aromatic carboxylic acids is 1. The highest BCUT2D eigenvalue weighted by Crippen LogP contribution is 2.24. The summed E-state index contributed by atoms with van der Waals surface area (Å²) >= 11 is 0. The third-order valence-electron chi connectivity index (χ3n) is 2.73. The first-order valence-corrected chi connectivity index (χ1v) is 6.17. The lowest BCUT2D eigenvalue weighted by atomic mass is 10.1. The number of carbonyl (C=O) groups is 1. The molecule has 0 amide bonds. The second-order valence-electron chi connectivity index (χ2n) is 4.60. The number of likely N-dealkylation sites (N-methyl/N-ethyl adjacent to an activating group) is 1. The van der Waals surface area contributed by atoms with Gasteiger partial charge in [0.15, 0.2) is 0 Å². The Morgan fingerprint density at radius 1 is 1.50 bits per heavy atom. The number of nitro benzene ring substituents is 1. The lowest BCUT2D eigenvalue weighted by Crippen LogP contribution is -2.24. The SMILES string of the molecule is CC(C)OCCN(C)c1ccc([N+](=O)[O-])c(C(=O)O)c1. The van der Waals surface area contributed by atoms with Gasteiger partial charge >= 0.3 is 5.97 Å². The van der Waals surface area contributed by atoms with Gasteiger partial charge in [-0.3, -0.25) is 10.1 Å². The Morgan fingerprint density at radius 2 is 2.15 bits per heavy atom. The molecule has 0 fully saturated rings. The molecule has 0 heterocycles. The van der Waals surface area contributed by atoms with Gasteiger partial charge in [0.2, 0.25) is 0 Å². The minimum Gasteiger partial charge on any atom is -0.477 e. The molecule has 0 radical (unpaired) electrons. The van der Waals surface area contributed by atoms with Gasteiger partial charge in [-0.1, -0.05) is 0 Å². The summed E-state index contributed by atoms with van der Waals surface area (Å²) in [6, 6.07) is 4.04.